The molecule has 0 saturated heterocycles. The van der Waals surface area contributed by atoms with Gasteiger partial charge in [-0.05, 0) is 60.0 Å². The van der Waals surface area contributed by atoms with Crippen LogP contribution in [0.5, 0.6) is 11.5 Å². The van der Waals surface area contributed by atoms with Crippen molar-refractivity contribution in [3.05, 3.63) is 89.5 Å². The highest BCUT2D eigenvalue weighted by molar-refractivity contribution is 6.04. The predicted molar refractivity (Wildman–Crippen MR) is 112 cm³/mol. The Balaban J connectivity index is 1.36. The van der Waals surface area contributed by atoms with Crippen LogP contribution in [-0.4, -0.2) is 23.3 Å². The van der Waals surface area contributed by atoms with Crippen LogP contribution < -0.4 is 14.8 Å². The van der Waals surface area contributed by atoms with Crippen LogP contribution in [0, 0.1) is 0 Å². The summed E-state index contributed by atoms with van der Waals surface area (Å²) in [6.07, 6.45) is 1.19. The average Bonchev–Trinajstić information content (AvgIpc) is 2.74. The number of hydrogen-bond acceptors (Lipinski definition) is 4. The van der Waals surface area contributed by atoms with Crippen molar-refractivity contribution in [2.45, 2.75) is 25.6 Å². The van der Waals surface area contributed by atoms with Gasteiger partial charge in [-0.3, -0.25) is 9.59 Å². The van der Waals surface area contributed by atoms with Gasteiger partial charge in [0, 0.05) is 17.7 Å². The number of carboxylic acid groups (broad SMARTS) is 1. The van der Waals surface area contributed by atoms with Crippen LogP contribution in [0.4, 0.5) is 5.69 Å². The monoisotopic (exact) mass is 403 g/mol. The molecule has 2 N–H and O–H groups in total. The fraction of sp³-hybridized carbons (Fsp3) is 0.167. The molecule has 0 fully saturated rings. The first-order valence-electron chi connectivity index (χ1n) is 9.70. The normalized spacial score (nSPS) is 14.9. The van der Waals surface area contributed by atoms with Gasteiger partial charge in [0.05, 0.1) is 6.42 Å². The van der Waals surface area contributed by atoms with Gasteiger partial charge in [0.25, 0.3) is 5.91 Å². The fourth-order valence-corrected chi connectivity index (χ4v) is 3.36. The number of carbonyl (C=O) groups is 2. The number of aliphatic carboxylic acids is 1. The third-order valence-electron chi connectivity index (χ3n) is 4.80. The molecule has 30 heavy (non-hydrogen) atoms. The van der Waals surface area contributed by atoms with E-state index in [4.69, 9.17) is 14.6 Å². The van der Waals surface area contributed by atoms with E-state index in [9.17, 15) is 9.59 Å². The van der Waals surface area contributed by atoms with E-state index >= 15 is 0 Å². The summed E-state index contributed by atoms with van der Waals surface area (Å²) in [6, 6.07) is 21.6. The van der Waals surface area contributed by atoms with Gasteiger partial charge in [-0.25, -0.2) is 0 Å². The zero-order valence-corrected chi connectivity index (χ0v) is 16.2. The molecule has 1 aliphatic rings. The van der Waals surface area contributed by atoms with Gasteiger partial charge in [-0.15, -0.1) is 0 Å². The summed E-state index contributed by atoms with van der Waals surface area (Å²) >= 11 is 0. The number of aryl methyl sites for hydroxylation is 1. The third-order valence-corrected chi connectivity index (χ3v) is 4.80. The van der Waals surface area contributed by atoms with Crippen molar-refractivity contribution in [2.75, 3.05) is 5.32 Å². The first-order valence-corrected chi connectivity index (χ1v) is 9.70. The lowest BCUT2D eigenvalue weighted by Crippen LogP contribution is -2.28. The lowest BCUT2D eigenvalue weighted by molar-refractivity contribution is -0.136. The van der Waals surface area contributed by atoms with Gasteiger partial charge in [-0.2, -0.15) is 0 Å². The molecule has 0 bridgehead atoms. The fourth-order valence-electron chi connectivity index (χ4n) is 3.36. The third kappa shape index (κ3) is 4.78. The first kappa shape index (κ1) is 19.5. The summed E-state index contributed by atoms with van der Waals surface area (Å²) in [5, 5.41) is 11.7. The summed E-state index contributed by atoms with van der Waals surface area (Å²) in [7, 11) is 0. The molecule has 6 heteroatoms. The van der Waals surface area contributed by atoms with Crippen molar-refractivity contribution < 1.29 is 24.2 Å². The average molecular weight is 403 g/mol. The van der Waals surface area contributed by atoms with Crippen LogP contribution >= 0.6 is 0 Å². The van der Waals surface area contributed by atoms with Crippen LogP contribution in [0.25, 0.3) is 0 Å². The Morgan fingerprint density at radius 1 is 1.03 bits per heavy atom. The summed E-state index contributed by atoms with van der Waals surface area (Å²) in [5.41, 5.74) is 2.82. The molecule has 1 heterocycles. The van der Waals surface area contributed by atoms with Crippen LogP contribution in [0.3, 0.4) is 0 Å². The smallest absolute Gasteiger partial charge is 0.307 e. The first-order chi connectivity index (χ1) is 14.6. The number of hydrogen-bond donors (Lipinski definition) is 2. The highest BCUT2D eigenvalue weighted by atomic mass is 16.7. The Kier molecular flexibility index (Phi) is 5.66. The van der Waals surface area contributed by atoms with Crippen LogP contribution in [0.15, 0.2) is 72.8 Å². The molecule has 1 atom stereocenters. The molecular weight excluding hydrogens is 382 g/mol. The number of rotatable bonds is 6. The quantitative estimate of drug-likeness (QED) is 0.641. The van der Waals surface area contributed by atoms with Gasteiger partial charge in [0.15, 0.2) is 0 Å². The molecule has 1 unspecified atom stereocenters. The highest BCUT2D eigenvalue weighted by Crippen LogP contribution is 2.28. The highest BCUT2D eigenvalue weighted by Gasteiger charge is 2.20. The molecule has 0 saturated carbocycles. The van der Waals surface area contributed by atoms with Crippen LogP contribution in [-0.2, 0) is 17.6 Å². The van der Waals surface area contributed by atoms with Crippen LogP contribution in [0.2, 0.25) is 0 Å². The number of ether oxygens (including phenoxy) is 2. The second kappa shape index (κ2) is 8.69. The van der Waals surface area contributed by atoms with E-state index in [1.54, 1.807) is 48.5 Å². The molecule has 1 amide bonds. The largest absolute Gasteiger partial charge is 0.481 e. The molecule has 0 radical (unpaired) electrons. The van der Waals surface area contributed by atoms with Crippen molar-refractivity contribution >= 4 is 17.6 Å². The van der Waals surface area contributed by atoms with E-state index in [0.717, 1.165) is 18.6 Å². The minimum Gasteiger partial charge on any atom is -0.481 e. The maximum Gasteiger partial charge on any atom is 0.307 e. The number of para-hydroxylation sites is 1. The van der Waals surface area contributed by atoms with Crippen molar-refractivity contribution in [2.24, 2.45) is 0 Å². The lowest BCUT2D eigenvalue weighted by Gasteiger charge is -2.26. The minimum absolute atomic E-state index is 0.0938. The topological polar surface area (TPSA) is 84.9 Å². The summed E-state index contributed by atoms with van der Waals surface area (Å²) in [4.78, 5) is 23.3. The molecular formula is C24H21NO5. The molecule has 152 valence electrons. The second-order valence-electron chi connectivity index (χ2n) is 7.06. The van der Waals surface area contributed by atoms with Gasteiger partial charge < -0.3 is 19.9 Å². The molecule has 0 spiro atoms. The summed E-state index contributed by atoms with van der Waals surface area (Å²) < 4.78 is 11.8. The number of carbonyl (C=O) groups excluding carboxylic acids is 1. The summed E-state index contributed by atoms with van der Waals surface area (Å²) in [5.74, 6) is 0.269. The van der Waals surface area contributed by atoms with E-state index < -0.39 is 5.97 Å². The Morgan fingerprint density at radius 3 is 2.63 bits per heavy atom. The van der Waals surface area contributed by atoms with E-state index in [1.807, 2.05) is 18.2 Å². The maximum absolute atomic E-state index is 12.5. The lowest BCUT2D eigenvalue weighted by atomic mass is 10.1. The van der Waals surface area contributed by atoms with Crippen molar-refractivity contribution in [1.82, 2.24) is 0 Å². The van der Waals surface area contributed by atoms with Gasteiger partial charge in [-0.1, -0.05) is 30.3 Å². The Bertz CT molecular complexity index is 1060. The van der Waals surface area contributed by atoms with E-state index in [1.165, 1.54) is 5.56 Å². The van der Waals surface area contributed by atoms with Crippen molar-refractivity contribution in [1.29, 1.82) is 0 Å². The minimum atomic E-state index is -0.917. The number of benzene rings is 3. The molecule has 3 aromatic rings. The van der Waals surface area contributed by atoms with Crippen molar-refractivity contribution in [3.63, 3.8) is 0 Å². The Morgan fingerprint density at radius 2 is 1.83 bits per heavy atom. The molecule has 0 aromatic heterocycles. The number of carboxylic acids is 1. The van der Waals surface area contributed by atoms with E-state index in [2.05, 4.69) is 11.4 Å². The second-order valence-corrected chi connectivity index (χ2v) is 7.06. The predicted octanol–water partition coefficient (Wildman–Crippen LogP) is 4.30. The van der Waals surface area contributed by atoms with E-state index in [0.29, 0.717) is 22.6 Å². The molecule has 1 aliphatic heterocycles. The summed E-state index contributed by atoms with van der Waals surface area (Å²) in [6.45, 7) is 0. The number of nitrogens with one attached hydrogen (secondary N) is 1. The van der Waals surface area contributed by atoms with E-state index in [-0.39, 0.29) is 18.6 Å². The maximum atomic E-state index is 12.5. The Labute approximate surface area is 174 Å². The van der Waals surface area contributed by atoms with Crippen LogP contribution in [0.1, 0.15) is 27.9 Å². The number of amides is 1. The number of fused-ring (bicyclic) bond motifs is 1. The molecule has 4 rings (SSSR count). The van der Waals surface area contributed by atoms with Gasteiger partial charge in [0.1, 0.15) is 11.5 Å². The SMILES string of the molecule is O=C(O)Cc1cccc(NC(=O)c2ccc(OC3CCc4ccccc4O3)cc2)c1. The molecule has 3 aromatic carbocycles. The van der Waals surface area contributed by atoms with Gasteiger partial charge >= 0.3 is 5.97 Å². The van der Waals surface area contributed by atoms with Gasteiger partial charge in [0.2, 0.25) is 6.29 Å². The molecule has 0 aliphatic carbocycles. The molecule has 6 nitrogen and oxygen atoms in total. The number of anilines is 1. The Hall–Kier alpha value is -3.80. The van der Waals surface area contributed by atoms with Crippen molar-refractivity contribution in [3.8, 4) is 11.5 Å². The zero-order valence-electron chi connectivity index (χ0n) is 16.2. The standard InChI is InChI=1S/C24H21NO5/c26-22(27)15-16-4-3-6-19(14-16)25-24(28)18-8-11-20(12-9-18)29-23-13-10-17-5-1-2-7-21(17)30-23/h1-9,11-12,14,23H,10,13,15H2,(H,25,28)(H,26,27). The zero-order chi connectivity index (χ0) is 20.9.